The number of nitrogens with zero attached hydrogens (tertiary/aromatic N) is 4. The van der Waals surface area contributed by atoms with Crippen LogP contribution < -0.4 is 9.80 Å². The summed E-state index contributed by atoms with van der Waals surface area (Å²) in [5, 5.41) is 0. The summed E-state index contributed by atoms with van der Waals surface area (Å²) >= 11 is 0. The molecule has 3 amide bonds. The van der Waals surface area contributed by atoms with Gasteiger partial charge in [0.05, 0.1) is 13.1 Å². The van der Waals surface area contributed by atoms with E-state index in [2.05, 4.69) is 9.69 Å². The Balaban J connectivity index is 1.81. The Kier molecular flexibility index (Phi) is 3.71. The predicted molar refractivity (Wildman–Crippen MR) is 102 cm³/mol. The Morgan fingerprint density at radius 2 is 1.56 bits per heavy atom. The van der Waals surface area contributed by atoms with Crippen molar-refractivity contribution in [1.82, 2.24) is 0 Å². The lowest BCUT2D eigenvalue weighted by Crippen LogP contribution is -2.55. The Morgan fingerprint density at radius 3 is 2.11 bits per heavy atom. The highest BCUT2D eigenvalue weighted by Gasteiger charge is 2.61. The summed E-state index contributed by atoms with van der Waals surface area (Å²) in [4.78, 5) is 35.9. The molecule has 0 aromatic heterocycles. The molecule has 1 heterocycles. The SMILES string of the molecule is [C-]#[N+]c1ccc(N2C(=O)N(c3ccc(C)cc3)C3(CCC3)C2=O)cc1[N+]#[C-]. The van der Waals surface area contributed by atoms with Crippen LogP contribution in [0.3, 0.4) is 0 Å². The van der Waals surface area contributed by atoms with E-state index in [1.807, 2.05) is 31.2 Å². The molecule has 2 aliphatic rings. The minimum atomic E-state index is -0.844. The van der Waals surface area contributed by atoms with Crippen LogP contribution >= 0.6 is 0 Å². The van der Waals surface area contributed by atoms with Crippen molar-refractivity contribution in [2.24, 2.45) is 0 Å². The topological polar surface area (TPSA) is 49.3 Å². The van der Waals surface area contributed by atoms with Crippen molar-refractivity contribution in [3.63, 3.8) is 0 Å². The third-order valence-electron chi connectivity index (χ3n) is 5.34. The molecule has 4 rings (SSSR count). The smallest absolute Gasteiger partial charge is 0.278 e. The van der Waals surface area contributed by atoms with E-state index >= 15 is 0 Å². The zero-order chi connectivity index (χ0) is 19.2. The van der Waals surface area contributed by atoms with Gasteiger partial charge in [0, 0.05) is 11.4 Å². The average molecular weight is 356 g/mol. The Morgan fingerprint density at radius 1 is 0.926 bits per heavy atom. The molecule has 0 atom stereocenters. The number of rotatable bonds is 2. The zero-order valence-electron chi connectivity index (χ0n) is 14.8. The van der Waals surface area contributed by atoms with Crippen LogP contribution in [0.2, 0.25) is 0 Å². The number of benzene rings is 2. The van der Waals surface area contributed by atoms with Crippen LogP contribution in [-0.2, 0) is 4.79 Å². The van der Waals surface area contributed by atoms with E-state index in [1.165, 1.54) is 12.1 Å². The van der Waals surface area contributed by atoms with Crippen molar-refractivity contribution in [2.75, 3.05) is 9.80 Å². The van der Waals surface area contributed by atoms with Gasteiger partial charge in [-0.1, -0.05) is 29.8 Å². The lowest BCUT2D eigenvalue weighted by molar-refractivity contribution is -0.123. The van der Waals surface area contributed by atoms with E-state index in [1.54, 1.807) is 11.0 Å². The van der Waals surface area contributed by atoms with Crippen LogP contribution in [0.15, 0.2) is 42.5 Å². The standard InChI is InChI=1S/C21H16N4O2/c1-14-5-7-15(8-6-14)25-20(27)24(19(26)21(25)11-4-12-21)16-9-10-17(22-2)18(13-16)23-3/h5-10,13H,4,11-12H2,1H3. The van der Waals surface area contributed by atoms with Gasteiger partial charge in [-0.25, -0.2) is 9.69 Å². The number of hydrogen-bond acceptors (Lipinski definition) is 2. The van der Waals surface area contributed by atoms with Crippen LogP contribution in [0, 0.1) is 20.1 Å². The maximum Gasteiger partial charge on any atom is 0.336 e. The largest absolute Gasteiger partial charge is 0.336 e. The molecule has 1 spiro atoms. The molecule has 6 nitrogen and oxygen atoms in total. The highest BCUT2D eigenvalue weighted by molar-refractivity contribution is 6.31. The van der Waals surface area contributed by atoms with Gasteiger partial charge in [0.15, 0.2) is 11.4 Å². The molecule has 0 N–H and O–H groups in total. The molecule has 0 bridgehead atoms. The highest BCUT2D eigenvalue weighted by Crippen LogP contribution is 2.48. The van der Waals surface area contributed by atoms with Crippen molar-refractivity contribution in [3.8, 4) is 0 Å². The van der Waals surface area contributed by atoms with Crippen molar-refractivity contribution >= 4 is 34.7 Å². The van der Waals surface area contributed by atoms with Gasteiger partial charge in [0.2, 0.25) is 0 Å². The summed E-state index contributed by atoms with van der Waals surface area (Å²) in [6, 6.07) is 11.6. The number of urea groups is 1. The van der Waals surface area contributed by atoms with Gasteiger partial charge in [-0.2, -0.15) is 0 Å². The van der Waals surface area contributed by atoms with E-state index in [9.17, 15) is 9.59 Å². The molecule has 2 aromatic carbocycles. The fourth-order valence-corrected chi connectivity index (χ4v) is 3.74. The molecule has 1 aliphatic heterocycles. The Labute approximate surface area is 157 Å². The zero-order valence-corrected chi connectivity index (χ0v) is 14.8. The fourth-order valence-electron chi connectivity index (χ4n) is 3.74. The summed E-state index contributed by atoms with van der Waals surface area (Å²) < 4.78 is 0. The quantitative estimate of drug-likeness (QED) is 0.562. The van der Waals surface area contributed by atoms with Crippen molar-refractivity contribution in [1.29, 1.82) is 0 Å². The van der Waals surface area contributed by atoms with Gasteiger partial charge in [0.25, 0.3) is 5.91 Å². The first-order valence-electron chi connectivity index (χ1n) is 8.66. The monoisotopic (exact) mass is 356 g/mol. The second kappa shape index (κ2) is 5.96. The van der Waals surface area contributed by atoms with Crippen LogP contribution in [0.25, 0.3) is 9.69 Å². The second-order valence-electron chi connectivity index (χ2n) is 6.88. The van der Waals surface area contributed by atoms with Gasteiger partial charge < -0.3 is 0 Å². The molecule has 1 saturated heterocycles. The average Bonchev–Trinajstić information content (AvgIpc) is 2.89. The van der Waals surface area contributed by atoms with Gasteiger partial charge in [-0.15, -0.1) is 0 Å². The third-order valence-corrected chi connectivity index (χ3v) is 5.34. The molecule has 1 aliphatic carbocycles. The minimum Gasteiger partial charge on any atom is -0.278 e. The second-order valence-corrected chi connectivity index (χ2v) is 6.88. The van der Waals surface area contributed by atoms with Crippen LogP contribution in [0.5, 0.6) is 0 Å². The van der Waals surface area contributed by atoms with Crippen LogP contribution in [0.1, 0.15) is 24.8 Å². The lowest BCUT2D eigenvalue weighted by Gasteiger charge is -2.42. The van der Waals surface area contributed by atoms with Gasteiger partial charge in [0.1, 0.15) is 5.54 Å². The van der Waals surface area contributed by atoms with E-state index in [4.69, 9.17) is 13.1 Å². The molecule has 2 fully saturated rings. The summed E-state index contributed by atoms with van der Waals surface area (Å²) in [6.45, 7) is 16.4. The number of aryl methyl sites for hydroxylation is 1. The van der Waals surface area contributed by atoms with E-state index in [-0.39, 0.29) is 17.3 Å². The lowest BCUT2D eigenvalue weighted by atomic mass is 9.75. The molecule has 2 aromatic rings. The van der Waals surface area contributed by atoms with Crippen LogP contribution in [-0.4, -0.2) is 17.5 Å². The first kappa shape index (κ1) is 16.8. The minimum absolute atomic E-state index is 0.138. The van der Waals surface area contributed by atoms with Gasteiger partial charge >= 0.3 is 6.03 Å². The van der Waals surface area contributed by atoms with Crippen molar-refractivity contribution < 1.29 is 9.59 Å². The van der Waals surface area contributed by atoms with E-state index < -0.39 is 11.6 Å². The molecule has 0 radical (unpaired) electrons. The summed E-state index contributed by atoms with van der Waals surface area (Å²) in [5.74, 6) is -0.259. The molecule has 6 heteroatoms. The maximum absolute atomic E-state index is 13.3. The first-order valence-corrected chi connectivity index (χ1v) is 8.66. The first-order chi connectivity index (χ1) is 13.0. The van der Waals surface area contributed by atoms with Crippen molar-refractivity contribution in [3.05, 3.63) is 70.9 Å². The van der Waals surface area contributed by atoms with Gasteiger partial charge in [-0.05, 0) is 44.4 Å². The van der Waals surface area contributed by atoms with E-state index in [0.717, 1.165) is 16.9 Å². The summed E-state index contributed by atoms with van der Waals surface area (Å²) in [5.41, 5.74) is 1.62. The Bertz CT molecular complexity index is 1040. The number of carbonyl (C=O) groups excluding carboxylic acids is 2. The molecule has 0 unspecified atom stereocenters. The summed E-state index contributed by atoms with van der Waals surface area (Å²) in [6.07, 6.45) is 2.13. The maximum atomic E-state index is 13.3. The molecule has 1 saturated carbocycles. The highest BCUT2D eigenvalue weighted by atomic mass is 16.2. The van der Waals surface area contributed by atoms with Crippen molar-refractivity contribution in [2.45, 2.75) is 31.7 Å². The third kappa shape index (κ3) is 2.31. The number of hydrogen-bond donors (Lipinski definition) is 0. The molecule has 132 valence electrons. The fraction of sp³-hybridized carbons (Fsp3) is 0.238. The number of amides is 3. The number of imide groups is 1. The molecule has 27 heavy (non-hydrogen) atoms. The van der Waals surface area contributed by atoms with Gasteiger partial charge in [-0.3, -0.25) is 19.4 Å². The molecular weight excluding hydrogens is 340 g/mol. The number of anilines is 2. The van der Waals surface area contributed by atoms with E-state index in [0.29, 0.717) is 24.2 Å². The summed E-state index contributed by atoms with van der Waals surface area (Å²) in [7, 11) is 0. The predicted octanol–water partition coefficient (Wildman–Crippen LogP) is 4.99. The normalized spacial score (nSPS) is 17.6. The van der Waals surface area contributed by atoms with Crippen LogP contribution in [0.4, 0.5) is 27.5 Å². The Hall–Kier alpha value is -3.64. The molecular formula is C21H16N4O2. The number of carbonyl (C=O) groups is 2.